The van der Waals surface area contributed by atoms with Crippen molar-refractivity contribution in [3.05, 3.63) is 22.4 Å². The van der Waals surface area contributed by atoms with E-state index in [1.54, 1.807) is 22.6 Å². The SMILES string of the molecule is Cn1c(COP2(=O)N(CCCl)CCN2CCCl)c[nH]c1=O. The van der Waals surface area contributed by atoms with Gasteiger partial charge in [-0.25, -0.2) is 14.1 Å². The van der Waals surface area contributed by atoms with Crippen LogP contribution in [0.3, 0.4) is 0 Å². The molecule has 0 aromatic carbocycles. The molecule has 0 unspecified atom stereocenters. The molecule has 10 heteroatoms. The van der Waals surface area contributed by atoms with Gasteiger partial charge in [0.25, 0.3) is 0 Å². The molecule has 1 saturated heterocycles. The van der Waals surface area contributed by atoms with Crippen LogP contribution in [0.25, 0.3) is 0 Å². The molecule has 2 rings (SSSR count). The third-order valence-electron chi connectivity index (χ3n) is 3.49. The molecule has 1 aliphatic rings. The van der Waals surface area contributed by atoms with Crippen LogP contribution in [0.2, 0.25) is 0 Å². The molecule has 1 N–H and O–H groups in total. The molecule has 1 aliphatic heterocycles. The van der Waals surface area contributed by atoms with Crippen molar-refractivity contribution in [1.82, 2.24) is 18.9 Å². The van der Waals surface area contributed by atoms with Crippen molar-refractivity contribution in [1.29, 1.82) is 0 Å². The van der Waals surface area contributed by atoms with Gasteiger partial charge in [0.2, 0.25) is 0 Å². The number of nitrogens with one attached hydrogen (secondary N) is 1. The average molecular weight is 357 g/mol. The van der Waals surface area contributed by atoms with E-state index in [-0.39, 0.29) is 12.3 Å². The van der Waals surface area contributed by atoms with E-state index in [1.807, 2.05) is 0 Å². The summed E-state index contributed by atoms with van der Waals surface area (Å²) in [5, 5.41) is 0. The molecule has 0 amide bonds. The summed E-state index contributed by atoms with van der Waals surface area (Å²) >= 11 is 11.5. The van der Waals surface area contributed by atoms with Crippen LogP contribution >= 0.6 is 30.9 Å². The van der Waals surface area contributed by atoms with Crippen LogP contribution in [0.5, 0.6) is 0 Å². The number of aromatic amines is 1. The van der Waals surface area contributed by atoms with Crippen LogP contribution in [0.4, 0.5) is 0 Å². The fourth-order valence-corrected chi connectivity index (χ4v) is 5.27. The largest absolute Gasteiger partial charge is 0.346 e. The molecule has 1 aromatic rings. The van der Waals surface area contributed by atoms with Gasteiger partial charge in [0, 0.05) is 51.2 Å². The molecule has 1 fully saturated rings. The van der Waals surface area contributed by atoms with E-state index in [4.69, 9.17) is 27.7 Å². The predicted octanol–water partition coefficient (Wildman–Crippen LogP) is 1.43. The van der Waals surface area contributed by atoms with Crippen molar-refractivity contribution in [3.63, 3.8) is 0 Å². The summed E-state index contributed by atoms with van der Waals surface area (Å²) < 4.78 is 23.8. The van der Waals surface area contributed by atoms with Gasteiger partial charge in [-0.05, 0) is 0 Å². The second kappa shape index (κ2) is 7.31. The molecule has 21 heavy (non-hydrogen) atoms. The van der Waals surface area contributed by atoms with E-state index in [0.717, 1.165) is 0 Å². The zero-order valence-corrected chi connectivity index (χ0v) is 14.2. The molecule has 1 aromatic heterocycles. The van der Waals surface area contributed by atoms with Crippen molar-refractivity contribution in [2.75, 3.05) is 37.9 Å². The minimum Gasteiger partial charge on any atom is -0.312 e. The van der Waals surface area contributed by atoms with Crippen LogP contribution in [-0.4, -0.2) is 56.8 Å². The first-order valence-corrected chi connectivity index (χ1v) is 9.23. The Morgan fingerprint density at radius 1 is 1.29 bits per heavy atom. The molecule has 120 valence electrons. The maximum Gasteiger partial charge on any atom is 0.346 e. The van der Waals surface area contributed by atoms with Crippen LogP contribution in [0.15, 0.2) is 11.0 Å². The molecule has 0 saturated carbocycles. The van der Waals surface area contributed by atoms with Gasteiger partial charge in [-0.15, -0.1) is 23.2 Å². The highest BCUT2D eigenvalue weighted by molar-refractivity contribution is 7.54. The Balaban J connectivity index is 2.13. The number of rotatable bonds is 7. The number of hydrogen-bond acceptors (Lipinski definition) is 3. The van der Waals surface area contributed by atoms with E-state index in [0.29, 0.717) is 43.6 Å². The Labute approximate surface area is 133 Å². The smallest absolute Gasteiger partial charge is 0.312 e. The zero-order chi connectivity index (χ0) is 15.5. The van der Waals surface area contributed by atoms with Gasteiger partial charge in [0.05, 0.1) is 12.3 Å². The van der Waals surface area contributed by atoms with Crippen molar-refractivity contribution in [2.45, 2.75) is 6.61 Å². The predicted molar refractivity (Wildman–Crippen MR) is 83.0 cm³/mol. The van der Waals surface area contributed by atoms with Crippen LogP contribution < -0.4 is 5.69 Å². The lowest BCUT2D eigenvalue weighted by molar-refractivity contribution is 0.236. The maximum absolute atomic E-state index is 13.2. The standard InChI is InChI=1S/C11H19Cl2N4O3P/c1-15-10(8-14-11(15)18)9-20-21(19)16(4-2-12)6-7-17(21)5-3-13/h8H,2-7,9H2,1H3,(H,14,18). The van der Waals surface area contributed by atoms with Crippen molar-refractivity contribution in [3.8, 4) is 0 Å². The number of aromatic nitrogens is 2. The summed E-state index contributed by atoms with van der Waals surface area (Å²) in [5.41, 5.74) is 0.410. The highest BCUT2D eigenvalue weighted by Gasteiger charge is 2.43. The minimum absolute atomic E-state index is 0.0874. The van der Waals surface area contributed by atoms with Crippen LogP contribution in [0.1, 0.15) is 5.69 Å². The Morgan fingerprint density at radius 3 is 2.29 bits per heavy atom. The van der Waals surface area contributed by atoms with Gasteiger partial charge in [-0.1, -0.05) is 0 Å². The van der Waals surface area contributed by atoms with Gasteiger partial charge in [0.15, 0.2) is 0 Å². The van der Waals surface area contributed by atoms with Crippen molar-refractivity contribution >= 4 is 30.9 Å². The first kappa shape index (κ1) is 17.1. The summed E-state index contributed by atoms with van der Waals surface area (Å²) in [5.74, 6) is 0.759. The topological polar surface area (TPSA) is 70.6 Å². The Kier molecular flexibility index (Phi) is 5.94. The van der Waals surface area contributed by atoms with E-state index >= 15 is 0 Å². The summed E-state index contributed by atoms with van der Waals surface area (Å²) in [6, 6.07) is 0. The lowest BCUT2D eigenvalue weighted by Gasteiger charge is -2.28. The molecule has 2 heterocycles. The second-order valence-corrected chi connectivity index (χ2v) is 7.82. The number of imidazole rings is 1. The molecule has 0 spiro atoms. The van der Waals surface area contributed by atoms with E-state index in [2.05, 4.69) is 4.98 Å². The Morgan fingerprint density at radius 2 is 1.86 bits per heavy atom. The third-order valence-corrected chi connectivity index (χ3v) is 6.53. The van der Waals surface area contributed by atoms with E-state index in [9.17, 15) is 9.36 Å². The molecule has 0 atom stereocenters. The third kappa shape index (κ3) is 3.55. The molecule has 0 aliphatic carbocycles. The lowest BCUT2D eigenvalue weighted by Crippen LogP contribution is -2.24. The Hall–Kier alpha value is -0.300. The average Bonchev–Trinajstić information content (AvgIpc) is 2.94. The van der Waals surface area contributed by atoms with Gasteiger partial charge in [0.1, 0.15) is 0 Å². The normalized spacial score (nSPS) is 19.4. The molecular weight excluding hydrogens is 338 g/mol. The molecular formula is C11H19Cl2N4O3P. The number of nitrogens with zero attached hydrogens (tertiary/aromatic N) is 3. The summed E-state index contributed by atoms with van der Waals surface area (Å²) in [7, 11) is -1.50. The first-order chi connectivity index (χ1) is 10.0. The summed E-state index contributed by atoms with van der Waals surface area (Å²) in [6.45, 7) is 2.33. The monoisotopic (exact) mass is 356 g/mol. The minimum atomic E-state index is -3.13. The molecule has 0 radical (unpaired) electrons. The lowest BCUT2D eigenvalue weighted by atomic mass is 10.5. The quantitative estimate of drug-likeness (QED) is 0.591. The van der Waals surface area contributed by atoms with Crippen LogP contribution in [0, 0.1) is 0 Å². The first-order valence-electron chi connectivity index (χ1n) is 6.63. The zero-order valence-electron chi connectivity index (χ0n) is 11.8. The second-order valence-electron chi connectivity index (χ2n) is 4.69. The number of hydrogen-bond donors (Lipinski definition) is 1. The van der Waals surface area contributed by atoms with Gasteiger partial charge in [-0.2, -0.15) is 0 Å². The van der Waals surface area contributed by atoms with E-state index in [1.165, 1.54) is 4.57 Å². The van der Waals surface area contributed by atoms with Gasteiger partial charge >= 0.3 is 13.4 Å². The number of alkyl halides is 2. The maximum atomic E-state index is 13.2. The van der Waals surface area contributed by atoms with Gasteiger partial charge < -0.3 is 4.98 Å². The van der Waals surface area contributed by atoms with Crippen LogP contribution in [-0.2, 0) is 22.7 Å². The number of halogens is 2. The highest BCUT2D eigenvalue weighted by Crippen LogP contribution is 2.57. The molecule has 0 bridgehead atoms. The van der Waals surface area contributed by atoms with Crippen molar-refractivity contribution < 1.29 is 9.09 Å². The number of H-pyrrole nitrogens is 1. The summed E-state index contributed by atoms with van der Waals surface area (Å²) in [4.78, 5) is 13.9. The summed E-state index contributed by atoms with van der Waals surface area (Å²) in [6.07, 6.45) is 1.56. The Bertz CT molecular complexity index is 558. The highest BCUT2D eigenvalue weighted by atomic mass is 35.5. The fourth-order valence-electron chi connectivity index (χ4n) is 2.26. The fraction of sp³-hybridized carbons (Fsp3) is 0.727. The van der Waals surface area contributed by atoms with Gasteiger partial charge in [-0.3, -0.25) is 13.7 Å². The van der Waals surface area contributed by atoms with E-state index < -0.39 is 7.67 Å². The molecule has 7 nitrogen and oxygen atoms in total. The van der Waals surface area contributed by atoms with Crippen molar-refractivity contribution in [2.24, 2.45) is 7.05 Å².